The molecule has 0 aromatic carbocycles. The van der Waals surface area contributed by atoms with Gasteiger partial charge in [0.15, 0.2) is 0 Å². The van der Waals surface area contributed by atoms with Crippen LogP contribution in [0.3, 0.4) is 0 Å². The van der Waals surface area contributed by atoms with Crippen molar-refractivity contribution in [3.05, 3.63) is 0 Å². The maximum atomic E-state index is 3.50. The van der Waals surface area contributed by atoms with Gasteiger partial charge in [-0.15, -0.1) is 0 Å². The second-order valence-corrected chi connectivity index (χ2v) is 0.529. The molecule has 1 aliphatic heterocycles. The molecule has 4 heavy (non-hydrogen) atoms. The van der Waals surface area contributed by atoms with Gasteiger partial charge >= 0.3 is 0 Å². The summed E-state index contributed by atoms with van der Waals surface area (Å²) in [6, 6.07) is 0. The Balaban J connectivity index is 2.67. The third kappa shape index (κ3) is 0.0139. The predicted octanol–water partition coefficient (Wildman–Crippen LogP) is 0.0566. The Bertz CT molecular complexity index is 44.4. The van der Waals surface area contributed by atoms with Gasteiger partial charge in [-0.2, -0.15) is 0 Å². The van der Waals surface area contributed by atoms with Gasteiger partial charge in [0, 0.05) is 0 Å². The molecule has 0 spiro atoms. The molecule has 0 aromatic rings. The van der Waals surface area contributed by atoms with Crippen molar-refractivity contribution in [2.24, 2.45) is 9.98 Å². The zero-order chi connectivity index (χ0) is 2.83. The van der Waals surface area contributed by atoms with E-state index >= 15 is 0 Å². The van der Waals surface area contributed by atoms with Gasteiger partial charge in [0.25, 0.3) is 0 Å². The van der Waals surface area contributed by atoms with E-state index in [1.54, 1.807) is 0 Å². The first-order chi connectivity index (χ1) is 2.00. The van der Waals surface area contributed by atoms with Crippen LogP contribution in [-0.4, -0.2) is 12.7 Å². The van der Waals surface area contributed by atoms with Crippen LogP contribution < -0.4 is 0 Å². The van der Waals surface area contributed by atoms with Crippen LogP contribution in [-0.2, 0) is 0 Å². The maximum Gasteiger partial charge on any atom is 0.119 e. The fourth-order valence-corrected chi connectivity index (χ4v) is 0.0667. The number of rotatable bonds is 0. The minimum atomic E-state index is 1.50. The number of hydrogen-bond acceptors (Lipinski definition) is 2. The largest absolute Gasteiger partial charge is 0.225 e. The monoisotopic (exact) mass is 54.0 g/mol. The van der Waals surface area contributed by atoms with Crippen LogP contribution in [0.25, 0.3) is 0 Å². The minimum Gasteiger partial charge on any atom is -0.225 e. The van der Waals surface area contributed by atoms with E-state index in [1.165, 1.54) is 12.7 Å². The van der Waals surface area contributed by atoms with E-state index in [0.29, 0.717) is 0 Å². The molecule has 1 rings (SSSR count). The van der Waals surface area contributed by atoms with E-state index in [2.05, 4.69) is 9.98 Å². The smallest absolute Gasteiger partial charge is 0.119 e. The Morgan fingerprint density at radius 3 is 1.25 bits per heavy atom. The second-order valence-electron chi connectivity index (χ2n) is 0.529. The molecule has 0 amide bonds. The van der Waals surface area contributed by atoms with Gasteiger partial charge in [-0.05, 0) is 0 Å². The molecule has 1 aliphatic rings. The van der Waals surface area contributed by atoms with Crippen molar-refractivity contribution in [2.45, 2.75) is 0 Å². The summed E-state index contributed by atoms with van der Waals surface area (Å²) in [5, 5.41) is 0. The molecule has 0 aromatic heterocycles. The topological polar surface area (TPSA) is 24.7 Å². The van der Waals surface area contributed by atoms with Crippen LogP contribution in [0, 0.1) is 0 Å². The highest BCUT2D eigenvalue weighted by molar-refractivity contribution is 5.86. The van der Waals surface area contributed by atoms with Crippen LogP contribution in [0.2, 0.25) is 0 Å². The molecule has 0 atom stereocenters. The first-order valence-electron chi connectivity index (χ1n) is 1.03. The molecule has 0 saturated heterocycles. The molecule has 0 aliphatic carbocycles. The standard InChI is InChI=1S/C2H2N2/c1-3-2-4-1/h1-2H. The summed E-state index contributed by atoms with van der Waals surface area (Å²) in [6.07, 6.45) is 3.00. The molecule has 0 fully saturated rings. The van der Waals surface area contributed by atoms with Crippen LogP contribution in [0.15, 0.2) is 9.98 Å². The third-order valence-electron chi connectivity index (χ3n) is 0.267. The molecule has 0 unspecified atom stereocenters. The van der Waals surface area contributed by atoms with Crippen LogP contribution in [0.4, 0.5) is 0 Å². The van der Waals surface area contributed by atoms with Crippen molar-refractivity contribution in [2.75, 3.05) is 0 Å². The fraction of sp³-hybridized carbons (Fsp3) is 0. The van der Waals surface area contributed by atoms with Crippen molar-refractivity contribution in [1.29, 1.82) is 0 Å². The van der Waals surface area contributed by atoms with Gasteiger partial charge in [0.1, 0.15) is 12.7 Å². The maximum absolute atomic E-state index is 3.50. The van der Waals surface area contributed by atoms with E-state index in [-0.39, 0.29) is 0 Å². The number of aliphatic imine (C=N–C) groups is 2. The highest BCUT2D eigenvalue weighted by atomic mass is 15.0. The molecule has 2 heteroatoms. The molecule has 0 N–H and O–H groups in total. The summed E-state index contributed by atoms with van der Waals surface area (Å²) in [4.78, 5) is 7.00. The van der Waals surface area contributed by atoms with Gasteiger partial charge in [-0.25, -0.2) is 9.98 Å². The summed E-state index contributed by atoms with van der Waals surface area (Å²) in [6.45, 7) is 0. The van der Waals surface area contributed by atoms with Gasteiger partial charge in [-0.3, -0.25) is 0 Å². The Hall–Kier alpha value is -0.660. The second kappa shape index (κ2) is 0.377. The van der Waals surface area contributed by atoms with E-state index in [0.717, 1.165) is 0 Å². The number of nitrogens with zero attached hydrogens (tertiary/aromatic N) is 2. The predicted molar refractivity (Wildman–Crippen MR) is 17.0 cm³/mol. The lowest BCUT2D eigenvalue weighted by molar-refractivity contribution is 1.58. The van der Waals surface area contributed by atoms with Crippen molar-refractivity contribution in [3.8, 4) is 0 Å². The lowest BCUT2D eigenvalue weighted by atomic mass is 11.0. The lowest BCUT2D eigenvalue weighted by Gasteiger charge is -1.77. The SMILES string of the molecule is C1=NC=N1. The zero-order valence-corrected chi connectivity index (χ0v) is 2.05. The van der Waals surface area contributed by atoms with Gasteiger partial charge in [0.05, 0.1) is 0 Å². The van der Waals surface area contributed by atoms with Crippen molar-refractivity contribution in [1.82, 2.24) is 0 Å². The lowest BCUT2D eigenvalue weighted by Crippen LogP contribution is -1.77. The average Bonchev–Trinajstić information content (AvgIpc) is 0.722. The zero-order valence-electron chi connectivity index (χ0n) is 2.05. The van der Waals surface area contributed by atoms with Gasteiger partial charge < -0.3 is 0 Å². The summed E-state index contributed by atoms with van der Waals surface area (Å²) in [5.41, 5.74) is 0. The summed E-state index contributed by atoms with van der Waals surface area (Å²) >= 11 is 0. The van der Waals surface area contributed by atoms with E-state index < -0.39 is 0 Å². The highest BCUT2D eigenvalue weighted by Gasteiger charge is 1.66. The van der Waals surface area contributed by atoms with Crippen LogP contribution >= 0.6 is 0 Å². The van der Waals surface area contributed by atoms with E-state index in [1.807, 2.05) is 0 Å². The minimum absolute atomic E-state index is 1.50. The summed E-state index contributed by atoms with van der Waals surface area (Å²) in [7, 11) is 0. The molecule has 2 nitrogen and oxygen atoms in total. The fourth-order valence-electron chi connectivity index (χ4n) is 0.0667. The van der Waals surface area contributed by atoms with Crippen molar-refractivity contribution < 1.29 is 0 Å². The Kier molecular flexibility index (Phi) is 0.154. The number of hydrogen-bond donors (Lipinski definition) is 0. The van der Waals surface area contributed by atoms with Crippen molar-refractivity contribution in [3.63, 3.8) is 0 Å². The van der Waals surface area contributed by atoms with Crippen molar-refractivity contribution >= 4 is 12.7 Å². The molecule has 0 radical (unpaired) electrons. The quantitative estimate of drug-likeness (QED) is 0.373. The molecule has 20 valence electrons. The third-order valence-corrected chi connectivity index (χ3v) is 0.267. The Labute approximate surface area is 23.9 Å². The van der Waals surface area contributed by atoms with E-state index in [4.69, 9.17) is 0 Å². The van der Waals surface area contributed by atoms with E-state index in [9.17, 15) is 0 Å². The molecule has 1 heterocycles. The normalized spacial score (nSPS) is 16.0. The van der Waals surface area contributed by atoms with Gasteiger partial charge in [-0.1, -0.05) is 0 Å². The summed E-state index contributed by atoms with van der Waals surface area (Å²) < 4.78 is 0. The Morgan fingerprint density at radius 2 is 1.25 bits per heavy atom. The average molecular weight is 54.1 g/mol. The molecule has 0 bridgehead atoms. The molecule has 0 saturated carbocycles. The van der Waals surface area contributed by atoms with Crippen LogP contribution in [0.5, 0.6) is 0 Å². The molecular formula is C2H2N2. The highest BCUT2D eigenvalue weighted by Crippen LogP contribution is 1.68. The Morgan fingerprint density at radius 1 is 1.00 bits per heavy atom. The first kappa shape index (κ1) is 1.64. The first-order valence-corrected chi connectivity index (χ1v) is 1.03. The van der Waals surface area contributed by atoms with Gasteiger partial charge in [0.2, 0.25) is 0 Å². The summed E-state index contributed by atoms with van der Waals surface area (Å²) in [5.74, 6) is 0. The molecular weight excluding hydrogens is 52.0 g/mol. The van der Waals surface area contributed by atoms with Crippen LogP contribution in [0.1, 0.15) is 0 Å².